The van der Waals surface area contributed by atoms with Crippen LogP contribution in [0.3, 0.4) is 0 Å². The molecule has 1 amide bonds. The van der Waals surface area contributed by atoms with Crippen LogP contribution in [-0.4, -0.2) is 25.9 Å². The quantitative estimate of drug-likeness (QED) is 0.376. The molecule has 0 bridgehead atoms. The van der Waals surface area contributed by atoms with Gasteiger partial charge in [0.1, 0.15) is 5.00 Å². The van der Waals surface area contributed by atoms with E-state index in [2.05, 4.69) is 5.32 Å². The first-order valence-electron chi connectivity index (χ1n) is 9.21. The third-order valence-corrected chi connectivity index (χ3v) is 6.27. The van der Waals surface area contributed by atoms with E-state index in [0.29, 0.717) is 18.7 Å². The Hall–Kier alpha value is -2.65. The highest BCUT2D eigenvalue weighted by molar-refractivity contribution is 7.89. The van der Waals surface area contributed by atoms with Gasteiger partial charge in [-0.3, -0.25) is 4.79 Å². The Labute approximate surface area is 180 Å². The Kier molecular flexibility index (Phi) is 6.33. The van der Waals surface area contributed by atoms with Gasteiger partial charge in [0, 0.05) is 12.2 Å². The Morgan fingerprint density at radius 1 is 1.10 bits per heavy atom. The molecule has 7 N–H and O–H groups in total. The van der Waals surface area contributed by atoms with E-state index in [1.54, 1.807) is 18.2 Å². The number of hydrogen-bond acceptors (Lipinski definition) is 5. The lowest BCUT2D eigenvalue weighted by atomic mass is 9.85. The van der Waals surface area contributed by atoms with Crippen molar-refractivity contribution >= 4 is 33.1 Å². The van der Waals surface area contributed by atoms with Gasteiger partial charge in [-0.25, -0.2) is 13.6 Å². The van der Waals surface area contributed by atoms with E-state index >= 15 is 0 Å². The number of amides is 1. The first-order chi connectivity index (χ1) is 14.1. The number of carbonyl (C=O) groups is 1. The third kappa shape index (κ3) is 4.91. The summed E-state index contributed by atoms with van der Waals surface area (Å²) >= 11 is 6.53. The Morgan fingerprint density at radius 3 is 2.30 bits per heavy atom. The van der Waals surface area contributed by atoms with Crippen LogP contribution in [0, 0.1) is 5.92 Å². The maximum atomic E-state index is 12.0. The molecule has 9 heteroatoms. The van der Waals surface area contributed by atoms with Gasteiger partial charge in [-0.15, -0.1) is 0 Å². The average molecular weight is 447 g/mol. The van der Waals surface area contributed by atoms with Crippen LogP contribution in [0.2, 0.25) is 0 Å². The molecule has 30 heavy (non-hydrogen) atoms. The minimum atomic E-state index is -3.73. The number of primary sulfonamides is 1. The lowest BCUT2D eigenvalue weighted by molar-refractivity contribution is -0.121. The van der Waals surface area contributed by atoms with Crippen molar-refractivity contribution in [3.05, 3.63) is 83.6 Å². The van der Waals surface area contributed by atoms with E-state index in [9.17, 15) is 13.2 Å². The molecule has 0 spiro atoms. The van der Waals surface area contributed by atoms with Crippen molar-refractivity contribution < 1.29 is 13.2 Å². The number of nitrogens with two attached hydrogens (primary N) is 3. The summed E-state index contributed by atoms with van der Waals surface area (Å²) in [6.45, 7) is 0.458. The largest absolute Gasteiger partial charge is 0.385 e. The third-order valence-electron chi connectivity index (χ3n) is 4.91. The molecule has 1 aliphatic rings. The van der Waals surface area contributed by atoms with E-state index < -0.39 is 26.8 Å². The van der Waals surface area contributed by atoms with E-state index in [1.165, 1.54) is 12.1 Å². The zero-order valence-corrected chi connectivity index (χ0v) is 17.7. The van der Waals surface area contributed by atoms with Crippen LogP contribution in [0.1, 0.15) is 11.1 Å². The van der Waals surface area contributed by atoms with Gasteiger partial charge >= 0.3 is 0 Å². The molecular weight excluding hydrogens is 424 g/mol. The number of allylic oxidation sites excluding steroid dienone is 2. The molecule has 3 rings (SSSR count). The Morgan fingerprint density at radius 2 is 1.73 bits per heavy atom. The highest BCUT2D eigenvalue weighted by Crippen LogP contribution is 2.36. The van der Waals surface area contributed by atoms with E-state index in [4.69, 9.17) is 28.2 Å². The molecule has 158 valence electrons. The van der Waals surface area contributed by atoms with Crippen LogP contribution in [0.4, 0.5) is 0 Å². The summed E-state index contributed by atoms with van der Waals surface area (Å²) in [4.78, 5) is 10.6. The normalized spacial score (nSPS) is 21.5. The summed E-state index contributed by atoms with van der Waals surface area (Å²) in [5.74, 6) is -1.51. The van der Waals surface area contributed by atoms with Gasteiger partial charge in [-0.1, -0.05) is 60.1 Å². The van der Waals surface area contributed by atoms with Crippen molar-refractivity contribution in [1.82, 2.24) is 5.32 Å². The van der Waals surface area contributed by atoms with Crippen LogP contribution >= 0.6 is 11.6 Å². The van der Waals surface area contributed by atoms with Gasteiger partial charge in [-0.05, 0) is 41.3 Å². The number of rotatable bonds is 7. The second-order valence-corrected chi connectivity index (χ2v) is 9.25. The molecule has 1 aliphatic carbocycles. The molecular formula is C21H23ClN4O3S. The lowest BCUT2D eigenvalue weighted by Gasteiger charge is -2.35. The van der Waals surface area contributed by atoms with Crippen LogP contribution < -0.4 is 21.9 Å². The predicted molar refractivity (Wildman–Crippen MR) is 117 cm³/mol. The molecule has 2 unspecified atom stereocenters. The van der Waals surface area contributed by atoms with Crippen molar-refractivity contribution in [1.29, 1.82) is 0 Å². The minimum absolute atomic E-state index is 0.0536. The van der Waals surface area contributed by atoms with Crippen molar-refractivity contribution in [3.63, 3.8) is 0 Å². The van der Waals surface area contributed by atoms with E-state index in [-0.39, 0.29) is 4.90 Å². The molecule has 0 aliphatic heterocycles. The molecule has 2 aromatic rings. The highest BCUT2D eigenvalue weighted by atomic mass is 35.5. The van der Waals surface area contributed by atoms with Crippen LogP contribution in [-0.2, 0) is 21.2 Å². The van der Waals surface area contributed by atoms with Crippen LogP contribution in [0.15, 0.2) is 77.3 Å². The van der Waals surface area contributed by atoms with Crippen LogP contribution in [0.25, 0.3) is 5.57 Å². The Bertz CT molecular complexity index is 1090. The number of hydrogen-bond donors (Lipinski definition) is 4. The fourth-order valence-corrected chi connectivity index (χ4v) is 4.06. The molecule has 0 radical (unpaired) electrons. The first-order valence-corrected chi connectivity index (χ1v) is 11.1. The summed E-state index contributed by atoms with van der Waals surface area (Å²) in [5.41, 5.74) is 14.9. The van der Waals surface area contributed by atoms with Gasteiger partial charge in [0.05, 0.1) is 10.8 Å². The Balaban J connectivity index is 1.78. The zero-order chi connectivity index (χ0) is 21.9. The molecule has 0 heterocycles. The summed E-state index contributed by atoms with van der Waals surface area (Å²) in [6.07, 6.45) is 4.06. The van der Waals surface area contributed by atoms with E-state index in [0.717, 1.165) is 16.7 Å². The first kappa shape index (κ1) is 22.0. The number of alkyl halides is 1. The fraction of sp³-hybridized carbons (Fsp3) is 0.190. The van der Waals surface area contributed by atoms with Crippen molar-refractivity contribution in [2.24, 2.45) is 22.5 Å². The molecule has 0 fully saturated rings. The number of halogens is 1. The monoisotopic (exact) mass is 446 g/mol. The SMILES string of the molecule is NC(=O)C1C=C(c2ccccc2)C=C(NCCc2ccc(S(N)(=O)=O)cc2)C1(N)Cl. The molecule has 0 saturated carbocycles. The molecule has 2 atom stereocenters. The van der Waals surface area contributed by atoms with E-state index in [1.807, 2.05) is 36.4 Å². The minimum Gasteiger partial charge on any atom is -0.385 e. The van der Waals surface area contributed by atoms with Crippen molar-refractivity contribution in [2.45, 2.75) is 16.3 Å². The summed E-state index contributed by atoms with van der Waals surface area (Å²) in [7, 11) is -3.73. The van der Waals surface area contributed by atoms with Crippen LogP contribution in [0.5, 0.6) is 0 Å². The fourth-order valence-electron chi connectivity index (χ4n) is 3.26. The topological polar surface area (TPSA) is 141 Å². The molecule has 0 aromatic heterocycles. The number of nitrogens with one attached hydrogen (secondary N) is 1. The summed E-state index contributed by atoms with van der Waals surface area (Å²) < 4.78 is 22.7. The number of carbonyl (C=O) groups excluding carboxylic acids is 1. The number of primary amides is 1. The van der Waals surface area contributed by atoms with Crippen molar-refractivity contribution in [2.75, 3.05) is 6.54 Å². The lowest BCUT2D eigenvalue weighted by Crippen LogP contribution is -2.53. The molecule has 7 nitrogen and oxygen atoms in total. The van der Waals surface area contributed by atoms with Gasteiger partial charge < -0.3 is 16.8 Å². The summed E-state index contributed by atoms with van der Waals surface area (Å²) in [5, 5.41) is 8.32. The highest BCUT2D eigenvalue weighted by Gasteiger charge is 2.42. The smallest absolute Gasteiger partial charge is 0.238 e. The number of sulfonamides is 1. The maximum absolute atomic E-state index is 12.0. The van der Waals surface area contributed by atoms with Gasteiger partial charge in [0.2, 0.25) is 15.9 Å². The van der Waals surface area contributed by atoms with Gasteiger partial charge in [0.25, 0.3) is 0 Å². The van der Waals surface area contributed by atoms with Gasteiger partial charge in [0.15, 0.2) is 0 Å². The second kappa shape index (κ2) is 8.61. The summed E-state index contributed by atoms with van der Waals surface area (Å²) in [6, 6.07) is 15.8. The molecule has 0 saturated heterocycles. The van der Waals surface area contributed by atoms with Gasteiger partial charge in [-0.2, -0.15) is 0 Å². The predicted octanol–water partition coefficient (Wildman–Crippen LogP) is 1.44. The maximum Gasteiger partial charge on any atom is 0.238 e. The average Bonchev–Trinajstić information content (AvgIpc) is 2.69. The molecule has 2 aromatic carbocycles. The second-order valence-electron chi connectivity index (χ2n) is 7.06. The standard InChI is InChI=1S/C21H23ClN4O3S/c22-21(24)18(20(23)27)12-16(15-4-2-1-3-5-15)13-19(21)26-11-10-14-6-8-17(9-7-14)30(25,28)29/h1-9,12-13,18,26H,10-11,24H2,(H2,23,27)(H2,25,28,29). The number of benzene rings is 2. The zero-order valence-electron chi connectivity index (χ0n) is 16.1. The van der Waals surface area contributed by atoms with Crippen molar-refractivity contribution in [3.8, 4) is 0 Å².